The zero-order valence-electron chi connectivity index (χ0n) is 16.1. The lowest BCUT2D eigenvalue weighted by Crippen LogP contribution is -2.14. The number of hydrogen-bond donors (Lipinski definition) is 1. The first-order valence-corrected chi connectivity index (χ1v) is 11.5. The zero-order valence-corrected chi connectivity index (χ0v) is 19.2. The van der Waals surface area contributed by atoms with E-state index in [-0.39, 0.29) is 11.7 Å². The lowest BCUT2D eigenvalue weighted by atomic mass is 10.2. The van der Waals surface area contributed by atoms with Crippen molar-refractivity contribution in [2.75, 3.05) is 18.2 Å². The highest BCUT2D eigenvalue weighted by molar-refractivity contribution is 7.99. The van der Waals surface area contributed by atoms with Crippen LogP contribution in [0.2, 0.25) is 10.0 Å². The van der Waals surface area contributed by atoms with Crippen LogP contribution in [0.1, 0.15) is 0 Å². The maximum atomic E-state index is 12.4. The second-order valence-electron chi connectivity index (χ2n) is 6.16. The van der Waals surface area contributed by atoms with Gasteiger partial charge in [0.2, 0.25) is 5.91 Å². The maximum Gasteiger partial charge on any atom is 0.236 e. The Bertz CT molecular complexity index is 1230. The first kappa shape index (κ1) is 21.6. The summed E-state index contributed by atoms with van der Waals surface area (Å²) in [7, 11) is 1.60. The summed E-state index contributed by atoms with van der Waals surface area (Å²) < 4.78 is 7.17. The Morgan fingerprint density at radius 1 is 1.23 bits per heavy atom. The normalized spacial score (nSPS) is 10.8. The second-order valence-corrected chi connectivity index (χ2v) is 8.77. The van der Waals surface area contributed by atoms with E-state index in [0.29, 0.717) is 31.8 Å². The average Bonchev–Trinajstić information content (AvgIpc) is 3.43. The molecule has 2 aromatic carbocycles. The van der Waals surface area contributed by atoms with Crippen molar-refractivity contribution in [3.8, 4) is 22.7 Å². The van der Waals surface area contributed by atoms with Crippen molar-refractivity contribution in [3.05, 3.63) is 64.2 Å². The maximum absolute atomic E-state index is 12.4. The van der Waals surface area contributed by atoms with E-state index >= 15 is 0 Å². The third-order valence-corrected chi connectivity index (χ3v) is 6.60. The van der Waals surface area contributed by atoms with Crippen LogP contribution in [0.15, 0.2) is 59.3 Å². The SMILES string of the molecule is COc1ccccc1-n1cnnc1SCC(=O)Nc1nc(-c2ccc(Cl)c(Cl)c2)cs1. The Kier molecular flexibility index (Phi) is 6.77. The van der Waals surface area contributed by atoms with Crippen LogP contribution in [0.5, 0.6) is 5.75 Å². The number of halogens is 2. The van der Waals surface area contributed by atoms with Gasteiger partial charge >= 0.3 is 0 Å². The Balaban J connectivity index is 1.40. The third-order valence-electron chi connectivity index (χ3n) is 4.16. The van der Waals surface area contributed by atoms with Gasteiger partial charge in [0.15, 0.2) is 10.3 Å². The number of thiazole rings is 1. The summed E-state index contributed by atoms with van der Waals surface area (Å²) in [6, 6.07) is 12.8. The van der Waals surface area contributed by atoms with Gasteiger partial charge in [-0.15, -0.1) is 21.5 Å². The predicted octanol–water partition coefficient (Wildman–Crippen LogP) is 5.44. The van der Waals surface area contributed by atoms with Crippen LogP contribution in [0.4, 0.5) is 5.13 Å². The van der Waals surface area contributed by atoms with Gasteiger partial charge in [-0.2, -0.15) is 0 Å². The number of nitrogens with zero attached hydrogens (tertiary/aromatic N) is 4. The van der Waals surface area contributed by atoms with Crippen LogP contribution in [0.3, 0.4) is 0 Å². The van der Waals surface area contributed by atoms with Gasteiger partial charge in [-0.1, -0.05) is 53.2 Å². The summed E-state index contributed by atoms with van der Waals surface area (Å²) in [6.07, 6.45) is 1.59. The van der Waals surface area contributed by atoms with E-state index in [9.17, 15) is 4.79 Å². The van der Waals surface area contributed by atoms with Crippen molar-refractivity contribution in [2.24, 2.45) is 0 Å². The molecule has 0 saturated carbocycles. The standard InChI is InChI=1S/C20H15Cl2N5O2S2/c1-29-17-5-3-2-4-16(17)27-11-23-26-20(27)31-10-18(28)25-19-24-15(9-30-19)12-6-7-13(21)14(22)8-12/h2-9,11H,10H2,1H3,(H,24,25,28). The van der Waals surface area contributed by atoms with E-state index in [1.807, 2.05) is 35.7 Å². The summed E-state index contributed by atoms with van der Waals surface area (Å²) in [6.45, 7) is 0. The van der Waals surface area contributed by atoms with Gasteiger partial charge in [-0.25, -0.2) is 4.98 Å². The quantitative estimate of drug-likeness (QED) is 0.346. The highest BCUT2D eigenvalue weighted by Gasteiger charge is 2.14. The fourth-order valence-corrected chi connectivity index (χ4v) is 4.48. The first-order chi connectivity index (χ1) is 15.0. The highest BCUT2D eigenvalue weighted by Crippen LogP contribution is 2.31. The largest absolute Gasteiger partial charge is 0.495 e. The van der Waals surface area contributed by atoms with Crippen molar-refractivity contribution in [2.45, 2.75) is 5.16 Å². The molecular weight excluding hydrogens is 477 g/mol. The van der Waals surface area contributed by atoms with Gasteiger partial charge in [-0.05, 0) is 24.3 Å². The number of aromatic nitrogens is 4. The Morgan fingerprint density at radius 3 is 2.87 bits per heavy atom. The zero-order chi connectivity index (χ0) is 21.8. The molecule has 11 heteroatoms. The average molecular weight is 492 g/mol. The van der Waals surface area contributed by atoms with Crippen LogP contribution < -0.4 is 10.1 Å². The van der Waals surface area contributed by atoms with Crippen LogP contribution in [0.25, 0.3) is 16.9 Å². The van der Waals surface area contributed by atoms with E-state index in [1.165, 1.54) is 23.1 Å². The molecule has 0 bridgehead atoms. The summed E-state index contributed by atoms with van der Waals surface area (Å²) in [5, 5.41) is 14.7. The molecule has 2 heterocycles. The lowest BCUT2D eigenvalue weighted by molar-refractivity contribution is -0.113. The van der Waals surface area contributed by atoms with E-state index in [2.05, 4.69) is 20.5 Å². The number of ether oxygens (including phenoxy) is 1. The van der Waals surface area contributed by atoms with Crippen molar-refractivity contribution in [1.29, 1.82) is 0 Å². The summed E-state index contributed by atoms with van der Waals surface area (Å²) in [5.41, 5.74) is 2.33. The molecule has 2 aromatic heterocycles. The van der Waals surface area contributed by atoms with Crippen molar-refractivity contribution in [1.82, 2.24) is 19.7 Å². The molecule has 4 rings (SSSR count). The number of hydrogen-bond acceptors (Lipinski definition) is 7. The van der Waals surface area contributed by atoms with E-state index in [4.69, 9.17) is 27.9 Å². The minimum atomic E-state index is -0.199. The van der Waals surface area contributed by atoms with Gasteiger partial charge in [-0.3, -0.25) is 9.36 Å². The van der Waals surface area contributed by atoms with Gasteiger partial charge in [0.25, 0.3) is 0 Å². The number of carbonyl (C=O) groups is 1. The number of carbonyl (C=O) groups excluding carboxylic acids is 1. The van der Waals surface area contributed by atoms with Crippen LogP contribution in [-0.4, -0.2) is 38.5 Å². The van der Waals surface area contributed by atoms with Crippen LogP contribution in [0, 0.1) is 0 Å². The number of para-hydroxylation sites is 2. The van der Waals surface area contributed by atoms with Crippen LogP contribution >= 0.6 is 46.3 Å². The smallest absolute Gasteiger partial charge is 0.236 e. The Morgan fingerprint density at radius 2 is 2.06 bits per heavy atom. The third kappa shape index (κ3) is 5.01. The molecule has 158 valence electrons. The van der Waals surface area contributed by atoms with Crippen molar-refractivity contribution in [3.63, 3.8) is 0 Å². The molecule has 0 atom stereocenters. The molecule has 0 aliphatic carbocycles. The van der Waals surface area contributed by atoms with E-state index < -0.39 is 0 Å². The minimum Gasteiger partial charge on any atom is -0.495 e. The molecule has 1 N–H and O–H groups in total. The molecule has 7 nitrogen and oxygen atoms in total. The molecule has 1 amide bonds. The van der Waals surface area contributed by atoms with Gasteiger partial charge < -0.3 is 10.1 Å². The molecule has 0 spiro atoms. The number of benzene rings is 2. The number of amides is 1. The summed E-state index contributed by atoms with van der Waals surface area (Å²) >= 11 is 14.6. The summed E-state index contributed by atoms with van der Waals surface area (Å²) in [5.74, 6) is 0.635. The molecule has 0 fully saturated rings. The van der Waals surface area contributed by atoms with E-state index in [0.717, 1.165) is 11.3 Å². The molecule has 31 heavy (non-hydrogen) atoms. The van der Waals surface area contributed by atoms with Gasteiger partial charge in [0.1, 0.15) is 12.1 Å². The first-order valence-electron chi connectivity index (χ1n) is 8.92. The number of anilines is 1. The molecule has 0 unspecified atom stereocenters. The Labute approximate surface area is 196 Å². The van der Waals surface area contributed by atoms with E-state index in [1.54, 1.807) is 30.1 Å². The molecule has 0 aliphatic rings. The van der Waals surface area contributed by atoms with Gasteiger partial charge in [0.05, 0.1) is 34.3 Å². The number of thioether (sulfide) groups is 1. The lowest BCUT2D eigenvalue weighted by Gasteiger charge is -2.10. The Hall–Kier alpha value is -2.59. The molecule has 4 aromatic rings. The second kappa shape index (κ2) is 9.69. The fourth-order valence-electron chi connectivity index (χ4n) is 2.72. The topological polar surface area (TPSA) is 81.9 Å². The molecular formula is C20H15Cl2N5O2S2. The number of methoxy groups -OCH3 is 1. The molecule has 0 aliphatic heterocycles. The highest BCUT2D eigenvalue weighted by atomic mass is 35.5. The monoisotopic (exact) mass is 491 g/mol. The van der Waals surface area contributed by atoms with Crippen LogP contribution in [-0.2, 0) is 4.79 Å². The molecule has 0 saturated heterocycles. The van der Waals surface area contributed by atoms with Crippen molar-refractivity contribution >= 4 is 57.3 Å². The predicted molar refractivity (Wildman–Crippen MR) is 125 cm³/mol. The van der Waals surface area contributed by atoms with Crippen molar-refractivity contribution < 1.29 is 9.53 Å². The number of rotatable bonds is 7. The minimum absolute atomic E-state index is 0.148. The summed E-state index contributed by atoms with van der Waals surface area (Å²) in [4.78, 5) is 16.9. The fraction of sp³-hybridized carbons (Fsp3) is 0.100. The van der Waals surface area contributed by atoms with Gasteiger partial charge in [0, 0.05) is 10.9 Å². The number of nitrogens with one attached hydrogen (secondary N) is 1. The molecule has 0 radical (unpaired) electrons.